The normalized spacial score (nSPS) is 19.4. The molecule has 1 unspecified atom stereocenters. The van der Waals surface area contributed by atoms with Crippen LogP contribution in [-0.2, 0) is 0 Å². The summed E-state index contributed by atoms with van der Waals surface area (Å²) in [4.78, 5) is 32.7. The number of nitrogens with one attached hydrogen (secondary N) is 1. The maximum Gasteiger partial charge on any atom is 0.261 e. The van der Waals surface area contributed by atoms with Gasteiger partial charge in [-0.05, 0) is 37.6 Å². The van der Waals surface area contributed by atoms with Crippen molar-refractivity contribution in [2.45, 2.75) is 13.0 Å². The summed E-state index contributed by atoms with van der Waals surface area (Å²) in [6, 6.07) is 7.44. The number of hydrogen-bond acceptors (Lipinski definition) is 4. The van der Waals surface area contributed by atoms with Crippen LogP contribution in [0.15, 0.2) is 34.4 Å². The van der Waals surface area contributed by atoms with Gasteiger partial charge in [-0.25, -0.2) is 0 Å². The van der Waals surface area contributed by atoms with Crippen molar-refractivity contribution in [1.82, 2.24) is 14.8 Å². The number of rotatable bonds is 2. The van der Waals surface area contributed by atoms with Gasteiger partial charge in [0, 0.05) is 25.7 Å². The topological polar surface area (TPSA) is 56.4 Å². The quantitative estimate of drug-likeness (QED) is 0.920. The molecular formula is C16H19N3O2S. The molecule has 0 aromatic carbocycles. The lowest BCUT2D eigenvalue weighted by molar-refractivity contribution is 0.0532. The van der Waals surface area contributed by atoms with Crippen LogP contribution in [0, 0.1) is 0 Å². The molecule has 1 aliphatic heterocycles. The number of nitrogens with zero attached hydrogens (tertiary/aromatic N) is 2. The number of carbonyl (C=O) groups is 1. The summed E-state index contributed by atoms with van der Waals surface area (Å²) in [6.07, 6.45) is 0. The van der Waals surface area contributed by atoms with Crippen LogP contribution in [0.1, 0.15) is 17.3 Å². The lowest BCUT2D eigenvalue weighted by Gasteiger charge is -2.38. The van der Waals surface area contributed by atoms with Crippen molar-refractivity contribution in [3.63, 3.8) is 0 Å². The third-order valence-corrected chi connectivity index (χ3v) is 4.92. The highest BCUT2D eigenvalue weighted by Gasteiger charge is 2.27. The standard InChI is InChI=1S/C16H19N3O2S/c1-11-10-18(2)7-8-19(11)16(21)12-5-6-13(17-15(12)20)14-4-3-9-22-14/h3-6,9,11H,7-8,10H2,1-2H3,(H,17,20). The summed E-state index contributed by atoms with van der Waals surface area (Å²) in [7, 11) is 2.04. The molecule has 116 valence electrons. The van der Waals surface area contributed by atoms with E-state index in [4.69, 9.17) is 0 Å². The molecule has 1 N–H and O–H groups in total. The Balaban J connectivity index is 1.86. The second-order valence-corrected chi connectivity index (χ2v) is 6.65. The summed E-state index contributed by atoms with van der Waals surface area (Å²) >= 11 is 1.56. The molecule has 3 heterocycles. The number of aromatic amines is 1. The summed E-state index contributed by atoms with van der Waals surface area (Å²) in [5, 5.41) is 1.96. The van der Waals surface area contributed by atoms with Gasteiger partial charge in [-0.15, -0.1) is 11.3 Å². The van der Waals surface area contributed by atoms with Crippen molar-refractivity contribution in [3.05, 3.63) is 45.6 Å². The number of amides is 1. The Kier molecular flexibility index (Phi) is 4.13. The summed E-state index contributed by atoms with van der Waals surface area (Å²) in [6.45, 7) is 4.34. The molecule has 1 fully saturated rings. The van der Waals surface area contributed by atoms with Gasteiger partial charge in [0.2, 0.25) is 0 Å². The number of hydrogen-bond donors (Lipinski definition) is 1. The Labute approximate surface area is 133 Å². The molecule has 5 nitrogen and oxygen atoms in total. The maximum atomic E-state index is 12.6. The molecule has 0 saturated carbocycles. The van der Waals surface area contributed by atoms with E-state index in [9.17, 15) is 9.59 Å². The van der Waals surface area contributed by atoms with Gasteiger partial charge in [0.25, 0.3) is 11.5 Å². The van der Waals surface area contributed by atoms with Crippen molar-refractivity contribution < 1.29 is 4.79 Å². The minimum atomic E-state index is -0.318. The summed E-state index contributed by atoms with van der Waals surface area (Å²) in [5.41, 5.74) is 0.654. The van der Waals surface area contributed by atoms with Crippen LogP contribution in [-0.4, -0.2) is 53.4 Å². The summed E-state index contributed by atoms with van der Waals surface area (Å²) < 4.78 is 0. The van der Waals surface area contributed by atoms with Crippen molar-refractivity contribution >= 4 is 17.2 Å². The molecule has 6 heteroatoms. The molecule has 2 aromatic rings. The Morgan fingerprint density at radius 1 is 1.32 bits per heavy atom. The van der Waals surface area contributed by atoms with Crippen molar-refractivity contribution in [2.24, 2.45) is 0 Å². The third-order valence-electron chi connectivity index (χ3n) is 4.02. The lowest BCUT2D eigenvalue weighted by atomic mass is 10.1. The second-order valence-electron chi connectivity index (χ2n) is 5.70. The van der Waals surface area contributed by atoms with E-state index in [-0.39, 0.29) is 23.1 Å². The average molecular weight is 317 g/mol. The van der Waals surface area contributed by atoms with Gasteiger partial charge in [-0.2, -0.15) is 0 Å². The first kappa shape index (κ1) is 15.0. The summed E-state index contributed by atoms with van der Waals surface area (Å²) in [5.74, 6) is -0.181. The zero-order valence-corrected chi connectivity index (χ0v) is 13.5. The van der Waals surface area contributed by atoms with Crippen LogP contribution in [0.25, 0.3) is 10.6 Å². The van der Waals surface area contributed by atoms with E-state index in [0.29, 0.717) is 6.54 Å². The largest absolute Gasteiger partial charge is 0.333 e. The van der Waals surface area contributed by atoms with Gasteiger partial charge in [-0.3, -0.25) is 9.59 Å². The Hall–Kier alpha value is -1.92. The van der Waals surface area contributed by atoms with E-state index in [1.807, 2.05) is 31.5 Å². The van der Waals surface area contributed by atoms with Crippen molar-refractivity contribution in [3.8, 4) is 10.6 Å². The highest BCUT2D eigenvalue weighted by Crippen LogP contribution is 2.21. The minimum Gasteiger partial charge on any atom is -0.333 e. The molecule has 0 aliphatic carbocycles. The fourth-order valence-corrected chi connectivity index (χ4v) is 3.52. The fourth-order valence-electron chi connectivity index (χ4n) is 2.81. The van der Waals surface area contributed by atoms with Gasteiger partial charge >= 0.3 is 0 Å². The first-order valence-electron chi connectivity index (χ1n) is 7.33. The third kappa shape index (κ3) is 2.84. The Bertz CT molecular complexity index is 723. The molecule has 1 aliphatic rings. The number of thiophene rings is 1. The molecule has 0 radical (unpaired) electrons. The zero-order chi connectivity index (χ0) is 15.7. The molecule has 0 bridgehead atoms. The zero-order valence-electron chi connectivity index (χ0n) is 12.7. The van der Waals surface area contributed by atoms with Crippen LogP contribution in [0.2, 0.25) is 0 Å². The van der Waals surface area contributed by atoms with Crippen LogP contribution >= 0.6 is 11.3 Å². The van der Waals surface area contributed by atoms with E-state index in [1.165, 1.54) is 0 Å². The molecular weight excluding hydrogens is 298 g/mol. The highest BCUT2D eigenvalue weighted by molar-refractivity contribution is 7.13. The van der Waals surface area contributed by atoms with Crippen LogP contribution in [0.5, 0.6) is 0 Å². The first-order valence-corrected chi connectivity index (χ1v) is 8.21. The van der Waals surface area contributed by atoms with Crippen molar-refractivity contribution in [1.29, 1.82) is 0 Å². The predicted molar refractivity (Wildman–Crippen MR) is 88.4 cm³/mol. The van der Waals surface area contributed by atoms with Gasteiger partial charge in [0.05, 0.1) is 10.6 Å². The van der Waals surface area contributed by atoms with Crippen LogP contribution in [0.3, 0.4) is 0 Å². The van der Waals surface area contributed by atoms with Gasteiger partial charge in [0.15, 0.2) is 0 Å². The molecule has 1 atom stereocenters. The van der Waals surface area contributed by atoms with Crippen LogP contribution in [0.4, 0.5) is 0 Å². The SMILES string of the molecule is CC1CN(C)CCN1C(=O)c1ccc(-c2cccs2)[nH]c1=O. The molecule has 2 aromatic heterocycles. The smallest absolute Gasteiger partial charge is 0.261 e. The fraction of sp³-hybridized carbons (Fsp3) is 0.375. The average Bonchev–Trinajstić information content (AvgIpc) is 3.00. The second kappa shape index (κ2) is 6.06. The number of carbonyl (C=O) groups excluding carboxylic acids is 1. The Morgan fingerprint density at radius 2 is 2.14 bits per heavy atom. The highest BCUT2D eigenvalue weighted by atomic mass is 32.1. The van der Waals surface area contributed by atoms with Gasteiger partial charge in [0.1, 0.15) is 5.56 Å². The number of likely N-dealkylation sites (N-methyl/N-ethyl adjacent to an activating group) is 1. The van der Waals surface area contributed by atoms with E-state index in [1.54, 1.807) is 28.4 Å². The molecule has 22 heavy (non-hydrogen) atoms. The van der Waals surface area contributed by atoms with E-state index >= 15 is 0 Å². The first-order chi connectivity index (χ1) is 10.6. The minimum absolute atomic E-state index is 0.114. The van der Waals surface area contributed by atoms with E-state index < -0.39 is 0 Å². The molecule has 3 rings (SSSR count). The number of piperazine rings is 1. The monoisotopic (exact) mass is 317 g/mol. The molecule has 0 spiro atoms. The number of H-pyrrole nitrogens is 1. The number of aromatic nitrogens is 1. The van der Waals surface area contributed by atoms with Gasteiger partial charge in [-0.1, -0.05) is 6.07 Å². The number of pyridine rings is 1. The van der Waals surface area contributed by atoms with E-state index in [2.05, 4.69) is 9.88 Å². The lowest BCUT2D eigenvalue weighted by Crippen LogP contribution is -2.53. The van der Waals surface area contributed by atoms with Crippen LogP contribution < -0.4 is 5.56 Å². The molecule has 1 saturated heterocycles. The van der Waals surface area contributed by atoms with Crippen molar-refractivity contribution in [2.75, 3.05) is 26.7 Å². The van der Waals surface area contributed by atoms with E-state index in [0.717, 1.165) is 23.7 Å². The maximum absolute atomic E-state index is 12.6. The Morgan fingerprint density at radius 3 is 2.77 bits per heavy atom. The van der Waals surface area contributed by atoms with Gasteiger partial charge < -0.3 is 14.8 Å². The molecule has 1 amide bonds. The predicted octanol–water partition coefficient (Wildman–Crippen LogP) is 1.88.